The number of hydrogen-bond donors (Lipinski definition) is 3. The Morgan fingerprint density at radius 1 is 1.16 bits per heavy atom. The van der Waals surface area contributed by atoms with Crippen LogP contribution in [-0.4, -0.2) is 25.1 Å². The van der Waals surface area contributed by atoms with Gasteiger partial charge in [-0.05, 0) is 43.5 Å². The van der Waals surface area contributed by atoms with E-state index in [1.807, 2.05) is 37.7 Å². The van der Waals surface area contributed by atoms with Crippen LogP contribution in [-0.2, 0) is 0 Å². The lowest BCUT2D eigenvalue weighted by Gasteiger charge is -2.10. The third kappa shape index (κ3) is 4.54. The monoisotopic (exact) mass is 424 g/mol. The van der Waals surface area contributed by atoms with Crippen LogP contribution in [0.1, 0.15) is 37.4 Å². The van der Waals surface area contributed by atoms with E-state index in [1.54, 1.807) is 6.08 Å². The average molecular weight is 425 g/mol. The molecule has 0 aliphatic rings. The summed E-state index contributed by atoms with van der Waals surface area (Å²) < 4.78 is 0. The summed E-state index contributed by atoms with van der Waals surface area (Å²) in [4.78, 5) is 12.4. The van der Waals surface area contributed by atoms with Crippen molar-refractivity contribution in [2.24, 2.45) is 0 Å². The summed E-state index contributed by atoms with van der Waals surface area (Å²) in [6, 6.07) is 6.27. The maximum Gasteiger partial charge on any atom is 0.181 e. The summed E-state index contributed by atoms with van der Waals surface area (Å²) in [6.45, 7) is 12.1. The highest BCUT2D eigenvalue weighted by atomic mass is 15.2. The number of allylic oxidation sites excluding steroid dienone is 3. The number of aryl methyl sites for hydroxylation is 1. The van der Waals surface area contributed by atoms with E-state index in [0.29, 0.717) is 5.65 Å². The largest absolute Gasteiger partial charge is 0.358 e. The molecule has 0 saturated carbocycles. The van der Waals surface area contributed by atoms with E-state index in [2.05, 4.69) is 68.7 Å². The maximum absolute atomic E-state index is 4.56. The lowest BCUT2D eigenvalue weighted by Crippen LogP contribution is -1.98. The molecule has 4 rings (SSSR count). The molecule has 4 aromatic heterocycles. The quantitative estimate of drug-likeness (QED) is 0.263. The molecular formula is C26H28N6. The molecule has 0 aromatic carbocycles. The van der Waals surface area contributed by atoms with Crippen LogP contribution >= 0.6 is 0 Å². The number of unbranched alkanes of at least 4 members (excludes halogenated alkanes) is 1. The number of pyridine rings is 2. The summed E-state index contributed by atoms with van der Waals surface area (Å²) in [6.07, 6.45) is 14.4. The van der Waals surface area contributed by atoms with Crippen LogP contribution in [0.15, 0.2) is 67.8 Å². The van der Waals surface area contributed by atoms with Crippen molar-refractivity contribution in [3.05, 3.63) is 79.1 Å². The number of hydrogen-bond acceptors (Lipinski definition) is 4. The van der Waals surface area contributed by atoms with E-state index in [0.717, 1.165) is 69.8 Å². The lowest BCUT2D eigenvalue weighted by atomic mass is 10.1. The van der Waals surface area contributed by atoms with E-state index in [4.69, 9.17) is 0 Å². The zero-order chi connectivity index (χ0) is 22.5. The predicted octanol–water partition coefficient (Wildman–Crippen LogP) is 6.64. The van der Waals surface area contributed by atoms with Gasteiger partial charge in [-0.25, -0.2) is 4.98 Å². The molecule has 0 aliphatic carbocycles. The summed E-state index contributed by atoms with van der Waals surface area (Å²) in [5.74, 6) is 0. The molecule has 0 radical (unpaired) electrons. The molecule has 0 saturated heterocycles. The van der Waals surface area contributed by atoms with Crippen LogP contribution in [0.3, 0.4) is 0 Å². The predicted molar refractivity (Wildman–Crippen MR) is 133 cm³/mol. The third-order valence-electron chi connectivity index (χ3n) is 5.37. The molecule has 6 heteroatoms. The highest BCUT2D eigenvalue weighted by molar-refractivity contribution is 5.93. The average Bonchev–Trinajstić information content (AvgIpc) is 3.39. The number of rotatable bonds is 9. The van der Waals surface area contributed by atoms with Gasteiger partial charge in [0.2, 0.25) is 0 Å². The molecule has 0 atom stereocenters. The highest BCUT2D eigenvalue weighted by Gasteiger charge is 2.13. The molecule has 32 heavy (non-hydrogen) atoms. The van der Waals surface area contributed by atoms with Gasteiger partial charge in [0.05, 0.1) is 23.3 Å². The Kier molecular flexibility index (Phi) is 6.31. The molecule has 3 N–H and O–H groups in total. The first-order valence-corrected chi connectivity index (χ1v) is 10.8. The van der Waals surface area contributed by atoms with Gasteiger partial charge in [-0.1, -0.05) is 44.7 Å². The number of anilines is 1. The fourth-order valence-electron chi connectivity index (χ4n) is 3.64. The maximum atomic E-state index is 4.56. The Bertz CT molecular complexity index is 1290. The SMILES string of the molecule is C=C/C=C\c1cc(-c2[nH]nc3ncc(-c4cncc(NC(=C)CCCC)c4)cc23)[nH]c1C. The highest BCUT2D eigenvalue weighted by Crippen LogP contribution is 2.31. The van der Waals surface area contributed by atoms with Gasteiger partial charge in [0, 0.05) is 40.3 Å². The summed E-state index contributed by atoms with van der Waals surface area (Å²) in [5.41, 5.74) is 8.63. The van der Waals surface area contributed by atoms with Crippen LogP contribution in [0.25, 0.3) is 39.6 Å². The zero-order valence-electron chi connectivity index (χ0n) is 18.6. The molecule has 0 fully saturated rings. The first-order chi connectivity index (χ1) is 15.6. The van der Waals surface area contributed by atoms with Gasteiger partial charge in [-0.3, -0.25) is 10.1 Å². The van der Waals surface area contributed by atoms with Crippen molar-refractivity contribution in [2.75, 3.05) is 5.32 Å². The standard InChI is InChI=1S/C26H28N6/c1-5-7-9-17(3)29-22-11-20(14-27-16-22)21-12-23-25(31-32-26(23)28-15-21)24-13-19(10-8-6-2)18(4)30-24/h6,8,10-16,29-30H,2-3,5,7,9H2,1,4H3,(H,28,31,32)/b10-8-. The van der Waals surface area contributed by atoms with Gasteiger partial charge in [0.15, 0.2) is 5.65 Å². The molecule has 0 bridgehead atoms. The van der Waals surface area contributed by atoms with E-state index < -0.39 is 0 Å². The van der Waals surface area contributed by atoms with Gasteiger partial charge >= 0.3 is 0 Å². The summed E-state index contributed by atoms with van der Waals surface area (Å²) in [5, 5.41) is 11.8. The summed E-state index contributed by atoms with van der Waals surface area (Å²) >= 11 is 0. The van der Waals surface area contributed by atoms with Crippen molar-refractivity contribution in [1.82, 2.24) is 25.1 Å². The van der Waals surface area contributed by atoms with Gasteiger partial charge in [-0.15, -0.1) is 0 Å². The molecule has 0 unspecified atom stereocenters. The third-order valence-corrected chi connectivity index (χ3v) is 5.37. The van der Waals surface area contributed by atoms with Crippen LogP contribution in [0.5, 0.6) is 0 Å². The second-order valence-corrected chi connectivity index (χ2v) is 7.85. The zero-order valence-corrected chi connectivity index (χ0v) is 18.6. The molecule has 4 heterocycles. The van der Waals surface area contributed by atoms with Crippen molar-refractivity contribution in [3.8, 4) is 22.5 Å². The second-order valence-electron chi connectivity index (χ2n) is 7.85. The van der Waals surface area contributed by atoms with E-state index in [1.165, 1.54) is 0 Å². The number of fused-ring (bicyclic) bond motifs is 1. The molecule has 0 aliphatic heterocycles. The smallest absolute Gasteiger partial charge is 0.181 e. The van der Waals surface area contributed by atoms with E-state index in [9.17, 15) is 0 Å². The minimum absolute atomic E-state index is 0.675. The van der Waals surface area contributed by atoms with Crippen molar-refractivity contribution in [2.45, 2.75) is 33.1 Å². The second kappa shape index (κ2) is 9.47. The fraction of sp³-hybridized carbons (Fsp3) is 0.192. The van der Waals surface area contributed by atoms with Gasteiger partial charge < -0.3 is 10.3 Å². The lowest BCUT2D eigenvalue weighted by molar-refractivity contribution is 0.791. The summed E-state index contributed by atoms with van der Waals surface area (Å²) in [7, 11) is 0. The first-order valence-electron chi connectivity index (χ1n) is 10.8. The molecule has 0 spiro atoms. The van der Waals surface area contributed by atoms with Crippen molar-refractivity contribution >= 4 is 22.8 Å². The number of aromatic nitrogens is 5. The Morgan fingerprint density at radius 2 is 2.00 bits per heavy atom. The van der Waals surface area contributed by atoms with Crippen LogP contribution in [0.2, 0.25) is 0 Å². The van der Waals surface area contributed by atoms with Gasteiger partial charge in [0.1, 0.15) is 0 Å². The number of aromatic amines is 2. The topological polar surface area (TPSA) is 82.3 Å². The van der Waals surface area contributed by atoms with Crippen molar-refractivity contribution in [1.29, 1.82) is 0 Å². The normalized spacial score (nSPS) is 11.3. The van der Waals surface area contributed by atoms with Crippen LogP contribution < -0.4 is 5.32 Å². The van der Waals surface area contributed by atoms with Gasteiger partial charge in [-0.2, -0.15) is 5.10 Å². The number of H-pyrrole nitrogens is 2. The van der Waals surface area contributed by atoms with Crippen LogP contribution in [0, 0.1) is 6.92 Å². The van der Waals surface area contributed by atoms with Crippen molar-refractivity contribution < 1.29 is 0 Å². The van der Waals surface area contributed by atoms with E-state index in [-0.39, 0.29) is 0 Å². The molecule has 6 nitrogen and oxygen atoms in total. The molecule has 162 valence electrons. The molecular weight excluding hydrogens is 396 g/mol. The number of nitrogens with zero attached hydrogens (tertiary/aromatic N) is 3. The minimum atomic E-state index is 0.675. The van der Waals surface area contributed by atoms with Gasteiger partial charge in [0.25, 0.3) is 0 Å². The Hall–Kier alpha value is -3.93. The Morgan fingerprint density at radius 3 is 2.81 bits per heavy atom. The van der Waals surface area contributed by atoms with Crippen LogP contribution in [0.4, 0.5) is 5.69 Å². The number of nitrogens with one attached hydrogen (secondary N) is 3. The molecule has 0 amide bonds. The van der Waals surface area contributed by atoms with E-state index >= 15 is 0 Å². The molecule has 4 aromatic rings. The first kappa shape index (κ1) is 21.3. The Balaban J connectivity index is 1.66. The van der Waals surface area contributed by atoms with Crippen molar-refractivity contribution in [3.63, 3.8) is 0 Å². The fourth-order valence-corrected chi connectivity index (χ4v) is 3.64. The minimum Gasteiger partial charge on any atom is -0.358 e. The Labute approximate surface area is 188 Å².